The number of hydrogen-bond donors (Lipinski definition) is 3. The Morgan fingerprint density at radius 3 is 2.85 bits per heavy atom. The zero-order chi connectivity index (χ0) is 26.9. The smallest absolute Gasteiger partial charge is 0.270 e. The maximum Gasteiger partial charge on any atom is 0.270 e. The minimum atomic E-state index is -1.11. The lowest BCUT2D eigenvalue weighted by atomic mass is 9.76. The Balaban J connectivity index is 1.21. The summed E-state index contributed by atoms with van der Waals surface area (Å²) in [7, 11) is 0. The van der Waals surface area contributed by atoms with Crippen LogP contribution < -0.4 is 16.0 Å². The van der Waals surface area contributed by atoms with E-state index in [9.17, 15) is 14.4 Å². The largest absolute Gasteiger partial charge is 0.381 e. The van der Waals surface area contributed by atoms with Crippen molar-refractivity contribution >= 4 is 29.2 Å². The number of carbonyl (C=O) groups is 3. The lowest BCUT2D eigenvalue weighted by molar-refractivity contribution is -0.124. The summed E-state index contributed by atoms with van der Waals surface area (Å²) in [6.07, 6.45) is 5.19. The van der Waals surface area contributed by atoms with E-state index in [4.69, 9.17) is 4.74 Å². The predicted octanol–water partition coefficient (Wildman–Crippen LogP) is 2.68. The van der Waals surface area contributed by atoms with Crippen LogP contribution in [0, 0.1) is 12.8 Å². The molecule has 3 N–H and O–H groups in total. The molecule has 0 radical (unpaired) electrons. The average molecular weight is 527 g/mol. The first kappa shape index (κ1) is 24.0. The molecule has 10 heteroatoms. The molecule has 0 bridgehead atoms. The molecule has 200 valence electrons. The fraction of sp³-hybridized carbons (Fsp3) is 0.414. The predicted molar refractivity (Wildman–Crippen MR) is 142 cm³/mol. The molecule has 1 saturated carbocycles. The van der Waals surface area contributed by atoms with Gasteiger partial charge in [-0.05, 0) is 55.9 Å². The number of aromatic nitrogens is 3. The van der Waals surface area contributed by atoms with E-state index in [0.29, 0.717) is 56.2 Å². The highest BCUT2D eigenvalue weighted by molar-refractivity contribution is 6.09. The fourth-order valence-corrected chi connectivity index (χ4v) is 7.14. The highest BCUT2D eigenvalue weighted by Crippen LogP contribution is 2.65. The van der Waals surface area contributed by atoms with E-state index < -0.39 is 11.0 Å². The minimum Gasteiger partial charge on any atom is -0.381 e. The van der Waals surface area contributed by atoms with Gasteiger partial charge in [0.25, 0.3) is 11.8 Å². The maximum atomic E-state index is 14.1. The van der Waals surface area contributed by atoms with Crippen LogP contribution in [0.1, 0.15) is 58.4 Å². The van der Waals surface area contributed by atoms with Gasteiger partial charge in [-0.1, -0.05) is 18.2 Å². The summed E-state index contributed by atoms with van der Waals surface area (Å²) >= 11 is 0. The monoisotopic (exact) mass is 526 g/mol. The zero-order valence-electron chi connectivity index (χ0n) is 21.9. The third-order valence-electron chi connectivity index (χ3n) is 9.17. The van der Waals surface area contributed by atoms with Crippen LogP contribution in [0.4, 0.5) is 11.5 Å². The molecule has 7 rings (SSSR count). The van der Waals surface area contributed by atoms with Crippen LogP contribution in [0.25, 0.3) is 0 Å². The van der Waals surface area contributed by atoms with E-state index in [2.05, 4.69) is 32.1 Å². The van der Waals surface area contributed by atoms with Crippen molar-refractivity contribution in [1.82, 2.24) is 20.1 Å². The SMILES string of the molecule is CCn1nccc1C(=O)NC1(C(=O)Nc2cc3c(cn2)C2(CCOCC2)C(=O)N3)C2Cc3cccc(C)c3C21. The van der Waals surface area contributed by atoms with E-state index in [1.54, 1.807) is 29.2 Å². The second kappa shape index (κ2) is 8.47. The van der Waals surface area contributed by atoms with Crippen LogP contribution in [0.5, 0.6) is 0 Å². The van der Waals surface area contributed by atoms with E-state index in [0.717, 1.165) is 16.7 Å². The van der Waals surface area contributed by atoms with Gasteiger partial charge in [0.05, 0.1) is 11.1 Å². The van der Waals surface area contributed by atoms with Crippen LogP contribution in [0.2, 0.25) is 0 Å². The molecular formula is C29H30N6O4. The number of anilines is 2. The highest BCUT2D eigenvalue weighted by Gasteiger charge is 2.73. The summed E-state index contributed by atoms with van der Waals surface area (Å²) in [6, 6.07) is 9.56. The molecule has 3 atom stereocenters. The second-order valence-corrected chi connectivity index (χ2v) is 11.0. The van der Waals surface area contributed by atoms with Crippen LogP contribution in [0.3, 0.4) is 0 Å². The summed E-state index contributed by atoms with van der Waals surface area (Å²) in [5, 5.41) is 13.3. The molecule has 2 aliphatic heterocycles. The molecule has 3 aromatic rings. The summed E-state index contributed by atoms with van der Waals surface area (Å²) in [5.74, 6) is -0.536. The van der Waals surface area contributed by atoms with Gasteiger partial charge < -0.3 is 20.7 Å². The number of benzene rings is 1. The number of nitrogens with one attached hydrogen (secondary N) is 3. The minimum absolute atomic E-state index is 0.0499. The molecular weight excluding hydrogens is 496 g/mol. The van der Waals surface area contributed by atoms with Gasteiger partial charge in [-0.2, -0.15) is 5.10 Å². The van der Waals surface area contributed by atoms with Crippen molar-refractivity contribution in [3.8, 4) is 0 Å². The number of pyridine rings is 1. The zero-order valence-corrected chi connectivity index (χ0v) is 21.9. The molecule has 2 fully saturated rings. The number of amides is 3. The standard InChI is InChI=1S/C29H30N6O4/c1-3-35-21(7-10-31-35)25(36)34-29(18-13-17-6-4-5-16(2)23(17)24(18)29)27(38)33-22-14-20-19(15-30-22)28(26(37)32-20)8-11-39-12-9-28/h4-7,10,14-15,18,24H,3,8-9,11-13H2,1-2H3,(H,32,37)(H,34,36)(H,30,33,38). The van der Waals surface area contributed by atoms with Crippen LogP contribution >= 0.6 is 0 Å². The molecule has 4 aliphatic rings. The Kier molecular flexibility index (Phi) is 5.22. The number of aryl methyl sites for hydroxylation is 2. The van der Waals surface area contributed by atoms with Gasteiger partial charge in [-0.25, -0.2) is 4.98 Å². The summed E-state index contributed by atoms with van der Waals surface area (Å²) in [6.45, 7) is 5.55. The molecule has 1 spiro atoms. The van der Waals surface area contributed by atoms with Crippen LogP contribution in [-0.4, -0.2) is 51.2 Å². The van der Waals surface area contributed by atoms with Crippen LogP contribution in [-0.2, 0) is 32.7 Å². The Morgan fingerprint density at radius 1 is 1.23 bits per heavy atom. The van der Waals surface area contributed by atoms with Crippen molar-refractivity contribution in [3.05, 3.63) is 70.7 Å². The van der Waals surface area contributed by atoms with Crippen LogP contribution in [0.15, 0.2) is 42.7 Å². The first-order valence-corrected chi connectivity index (χ1v) is 13.5. The Labute approximate surface area is 225 Å². The van der Waals surface area contributed by atoms with Crippen molar-refractivity contribution in [3.63, 3.8) is 0 Å². The first-order chi connectivity index (χ1) is 18.9. The topological polar surface area (TPSA) is 127 Å². The number of fused-ring (bicyclic) bond motifs is 5. The second-order valence-electron chi connectivity index (χ2n) is 11.0. The molecule has 3 amide bonds. The lowest BCUT2D eigenvalue weighted by Gasteiger charge is -2.31. The van der Waals surface area contributed by atoms with E-state index in [1.165, 1.54) is 5.56 Å². The Morgan fingerprint density at radius 2 is 2.05 bits per heavy atom. The summed E-state index contributed by atoms with van der Waals surface area (Å²) in [4.78, 5) is 45.0. The van der Waals surface area contributed by atoms with Gasteiger partial charge in [0.2, 0.25) is 5.91 Å². The van der Waals surface area contributed by atoms with Crippen molar-refractivity contribution < 1.29 is 19.1 Å². The van der Waals surface area contributed by atoms with E-state index in [-0.39, 0.29) is 29.6 Å². The van der Waals surface area contributed by atoms with Gasteiger partial charge in [0.1, 0.15) is 17.1 Å². The molecule has 4 heterocycles. The Hall–Kier alpha value is -4.05. The molecule has 1 saturated heterocycles. The normalized spacial score (nSPS) is 25.4. The Bertz CT molecular complexity index is 1540. The average Bonchev–Trinajstić information content (AvgIpc) is 3.32. The van der Waals surface area contributed by atoms with E-state index in [1.807, 2.05) is 26.0 Å². The van der Waals surface area contributed by atoms with Gasteiger partial charge in [-0.3, -0.25) is 19.1 Å². The third-order valence-corrected chi connectivity index (χ3v) is 9.17. The van der Waals surface area contributed by atoms with Crippen molar-refractivity contribution in [2.45, 2.75) is 56.5 Å². The molecule has 2 aliphatic carbocycles. The number of ether oxygens (including phenoxy) is 1. The molecule has 1 aromatic carbocycles. The summed E-state index contributed by atoms with van der Waals surface area (Å²) < 4.78 is 7.11. The fourth-order valence-electron chi connectivity index (χ4n) is 7.14. The molecule has 10 nitrogen and oxygen atoms in total. The molecule has 2 aromatic heterocycles. The van der Waals surface area contributed by atoms with Crippen molar-refractivity contribution in [2.24, 2.45) is 5.92 Å². The van der Waals surface area contributed by atoms with Gasteiger partial charge in [0, 0.05) is 55.6 Å². The number of carbonyl (C=O) groups excluding carboxylic acids is 3. The molecule has 3 unspecified atom stereocenters. The van der Waals surface area contributed by atoms with Gasteiger partial charge in [0.15, 0.2) is 0 Å². The first-order valence-electron chi connectivity index (χ1n) is 13.5. The van der Waals surface area contributed by atoms with Gasteiger partial charge >= 0.3 is 0 Å². The van der Waals surface area contributed by atoms with Crippen molar-refractivity contribution in [2.75, 3.05) is 23.8 Å². The molecule has 39 heavy (non-hydrogen) atoms. The lowest BCUT2D eigenvalue weighted by Crippen LogP contribution is -2.50. The maximum absolute atomic E-state index is 14.1. The summed E-state index contributed by atoms with van der Waals surface area (Å²) in [5.41, 5.74) is 3.66. The van der Waals surface area contributed by atoms with Crippen molar-refractivity contribution in [1.29, 1.82) is 0 Å². The third kappa shape index (κ3) is 3.33. The number of rotatable bonds is 5. The van der Waals surface area contributed by atoms with E-state index >= 15 is 0 Å². The number of hydrogen-bond acceptors (Lipinski definition) is 6. The highest BCUT2D eigenvalue weighted by atomic mass is 16.5. The quantitative estimate of drug-likeness (QED) is 0.469. The van der Waals surface area contributed by atoms with Gasteiger partial charge in [-0.15, -0.1) is 0 Å². The number of nitrogens with zero attached hydrogens (tertiary/aromatic N) is 3.